The summed E-state index contributed by atoms with van der Waals surface area (Å²) >= 11 is 1.96. The summed E-state index contributed by atoms with van der Waals surface area (Å²) in [6.07, 6.45) is 1.24. The van der Waals surface area contributed by atoms with Crippen LogP contribution in [-0.4, -0.2) is 18.3 Å². The molecule has 0 bridgehead atoms. The molecule has 1 aromatic carbocycles. The number of benzene rings is 1. The van der Waals surface area contributed by atoms with Crippen molar-refractivity contribution in [1.29, 1.82) is 0 Å². The van der Waals surface area contributed by atoms with Gasteiger partial charge in [0.2, 0.25) is 0 Å². The van der Waals surface area contributed by atoms with E-state index in [0.717, 1.165) is 18.2 Å². The molecule has 1 nitrogen and oxygen atoms in total. The number of aryl methyl sites for hydroxylation is 1. The summed E-state index contributed by atoms with van der Waals surface area (Å²) in [5.74, 6) is 1.90. The van der Waals surface area contributed by atoms with Crippen LogP contribution in [0.15, 0.2) is 29.2 Å². The van der Waals surface area contributed by atoms with Gasteiger partial charge in [-0.05, 0) is 31.5 Å². The fourth-order valence-electron chi connectivity index (χ4n) is 1.86. The molecule has 0 radical (unpaired) electrons. The Bertz CT molecular complexity index is 324. The van der Waals surface area contributed by atoms with Crippen LogP contribution in [-0.2, 0) is 0 Å². The maximum Gasteiger partial charge on any atom is 0.0187 e. The zero-order chi connectivity index (χ0) is 12.7. The minimum Gasteiger partial charge on any atom is -0.313 e. The number of rotatable bonds is 7. The lowest BCUT2D eigenvalue weighted by atomic mass is 10.0. The van der Waals surface area contributed by atoms with E-state index in [1.807, 2.05) is 11.8 Å². The molecule has 2 heteroatoms. The second kappa shape index (κ2) is 7.78. The average Bonchev–Trinajstić information content (AvgIpc) is 2.33. The first kappa shape index (κ1) is 14.6. The predicted molar refractivity (Wildman–Crippen MR) is 78.8 cm³/mol. The molecule has 2 atom stereocenters. The van der Waals surface area contributed by atoms with Gasteiger partial charge in [0.25, 0.3) is 0 Å². The first-order valence-corrected chi connectivity index (χ1v) is 7.58. The highest BCUT2D eigenvalue weighted by Crippen LogP contribution is 2.22. The molecule has 0 saturated carbocycles. The molecule has 2 unspecified atom stereocenters. The first-order valence-electron chi connectivity index (χ1n) is 6.60. The second-order valence-corrected chi connectivity index (χ2v) is 5.77. The van der Waals surface area contributed by atoms with Crippen LogP contribution in [0, 0.1) is 12.8 Å². The molecule has 0 aliphatic heterocycles. The molecule has 17 heavy (non-hydrogen) atoms. The molecule has 0 aliphatic rings. The standard InChI is InChI=1S/C15H25NS/c1-5-13(4)15(16-6-2)11-17-14-9-7-8-12(3)10-14/h7-10,13,15-16H,5-6,11H2,1-4H3. The topological polar surface area (TPSA) is 12.0 Å². The van der Waals surface area contributed by atoms with E-state index in [2.05, 4.69) is 57.3 Å². The zero-order valence-electron chi connectivity index (χ0n) is 11.5. The van der Waals surface area contributed by atoms with E-state index in [4.69, 9.17) is 0 Å². The van der Waals surface area contributed by atoms with Crippen molar-refractivity contribution < 1.29 is 0 Å². The van der Waals surface area contributed by atoms with Crippen molar-refractivity contribution in [2.75, 3.05) is 12.3 Å². The summed E-state index contributed by atoms with van der Waals surface area (Å²) < 4.78 is 0. The van der Waals surface area contributed by atoms with Crippen molar-refractivity contribution >= 4 is 11.8 Å². The molecule has 1 rings (SSSR count). The number of thioether (sulfide) groups is 1. The maximum atomic E-state index is 3.60. The second-order valence-electron chi connectivity index (χ2n) is 4.68. The summed E-state index contributed by atoms with van der Waals surface area (Å²) in [6, 6.07) is 9.39. The highest BCUT2D eigenvalue weighted by atomic mass is 32.2. The lowest BCUT2D eigenvalue weighted by Crippen LogP contribution is -2.36. The van der Waals surface area contributed by atoms with Crippen LogP contribution in [0.3, 0.4) is 0 Å². The van der Waals surface area contributed by atoms with E-state index in [0.29, 0.717) is 6.04 Å². The van der Waals surface area contributed by atoms with Gasteiger partial charge in [0.15, 0.2) is 0 Å². The van der Waals surface area contributed by atoms with Gasteiger partial charge in [-0.25, -0.2) is 0 Å². The van der Waals surface area contributed by atoms with Crippen molar-refractivity contribution in [2.45, 2.75) is 45.1 Å². The minimum absolute atomic E-state index is 0.621. The van der Waals surface area contributed by atoms with Gasteiger partial charge in [-0.3, -0.25) is 0 Å². The van der Waals surface area contributed by atoms with Crippen LogP contribution in [0.4, 0.5) is 0 Å². The van der Waals surface area contributed by atoms with Crippen molar-refractivity contribution in [3.8, 4) is 0 Å². The van der Waals surface area contributed by atoms with Crippen molar-refractivity contribution in [2.24, 2.45) is 5.92 Å². The third-order valence-corrected chi connectivity index (χ3v) is 4.33. The molecule has 96 valence electrons. The van der Waals surface area contributed by atoms with Gasteiger partial charge >= 0.3 is 0 Å². The van der Waals surface area contributed by atoms with Crippen LogP contribution in [0.2, 0.25) is 0 Å². The lowest BCUT2D eigenvalue weighted by Gasteiger charge is -2.23. The number of nitrogens with one attached hydrogen (secondary N) is 1. The molecule has 0 aliphatic carbocycles. The van der Waals surface area contributed by atoms with Crippen molar-refractivity contribution in [3.63, 3.8) is 0 Å². The van der Waals surface area contributed by atoms with E-state index in [1.165, 1.54) is 16.9 Å². The van der Waals surface area contributed by atoms with Crippen LogP contribution in [0.1, 0.15) is 32.8 Å². The zero-order valence-corrected chi connectivity index (χ0v) is 12.3. The van der Waals surface area contributed by atoms with Crippen molar-refractivity contribution in [1.82, 2.24) is 5.32 Å². The maximum absolute atomic E-state index is 3.60. The highest BCUT2D eigenvalue weighted by molar-refractivity contribution is 7.99. The molecule has 0 aromatic heterocycles. The third kappa shape index (κ3) is 5.13. The normalized spacial score (nSPS) is 14.6. The Labute approximate surface area is 110 Å². The van der Waals surface area contributed by atoms with E-state index in [-0.39, 0.29) is 0 Å². The van der Waals surface area contributed by atoms with Gasteiger partial charge in [-0.2, -0.15) is 0 Å². The molecule has 0 spiro atoms. The van der Waals surface area contributed by atoms with Crippen molar-refractivity contribution in [3.05, 3.63) is 29.8 Å². The molecule has 0 saturated heterocycles. The van der Waals surface area contributed by atoms with E-state index in [1.54, 1.807) is 0 Å². The van der Waals surface area contributed by atoms with Gasteiger partial charge < -0.3 is 5.32 Å². The molecule has 1 aromatic rings. The largest absolute Gasteiger partial charge is 0.313 e. The molecular weight excluding hydrogens is 226 g/mol. The van der Waals surface area contributed by atoms with Crippen LogP contribution >= 0.6 is 11.8 Å². The van der Waals surface area contributed by atoms with Gasteiger partial charge in [-0.15, -0.1) is 11.8 Å². The van der Waals surface area contributed by atoms with Crippen LogP contribution in [0.25, 0.3) is 0 Å². The van der Waals surface area contributed by atoms with E-state index in [9.17, 15) is 0 Å². The minimum atomic E-state index is 0.621. The van der Waals surface area contributed by atoms with Gasteiger partial charge in [0, 0.05) is 16.7 Å². The van der Waals surface area contributed by atoms with Crippen LogP contribution in [0.5, 0.6) is 0 Å². The summed E-state index contributed by atoms with van der Waals surface area (Å²) in [6.45, 7) is 10.0. The molecular formula is C15H25NS. The molecule has 0 amide bonds. The Morgan fingerprint density at radius 2 is 2.06 bits per heavy atom. The fraction of sp³-hybridized carbons (Fsp3) is 0.600. The number of hydrogen-bond acceptors (Lipinski definition) is 2. The summed E-state index contributed by atoms with van der Waals surface area (Å²) in [7, 11) is 0. The highest BCUT2D eigenvalue weighted by Gasteiger charge is 2.14. The smallest absolute Gasteiger partial charge is 0.0187 e. The molecule has 0 fully saturated rings. The van der Waals surface area contributed by atoms with Crippen LogP contribution < -0.4 is 5.32 Å². The Balaban J connectivity index is 2.51. The quantitative estimate of drug-likeness (QED) is 0.732. The Hall–Kier alpha value is -0.470. The Morgan fingerprint density at radius 1 is 1.29 bits per heavy atom. The number of hydrogen-bond donors (Lipinski definition) is 1. The molecule has 1 N–H and O–H groups in total. The third-order valence-electron chi connectivity index (χ3n) is 3.22. The average molecular weight is 251 g/mol. The Morgan fingerprint density at radius 3 is 2.65 bits per heavy atom. The first-order chi connectivity index (χ1) is 8.17. The molecule has 0 heterocycles. The summed E-state index contributed by atoms with van der Waals surface area (Å²) in [5, 5.41) is 3.60. The van der Waals surface area contributed by atoms with Gasteiger partial charge in [0.05, 0.1) is 0 Å². The summed E-state index contributed by atoms with van der Waals surface area (Å²) in [4.78, 5) is 1.39. The SMILES string of the molecule is CCNC(CSc1cccc(C)c1)C(C)CC. The van der Waals surface area contributed by atoms with Gasteiger partial charge in [0.1, 0.15) is 0 Å². The fourth-order valence-corrected chi connectivity index (χ4v) is 3.12. The van der Waals surface area contributed by atoms with E-state index >= 15 is 0 Å². The predicted octanol–water partition coefficient (Wildman–Crippen LogP) is 4.11. The Kier molecular flexibility index (Phi) is 6.68. The monoisotopic (exact) mass is 251 g/mol. The summed E-state index contributed by atoms with van der Waals surface area (Å²) in [5.41, 5.74) is 1.35. The van der Waals surface area contributed by atoms with Gasteiger partial charge in [-0.1, -0.05) is 44.9 Å². The van der Waals surface area contributed by atoms with E-state index < -0.39 is 0 Å². The lowest BCUT2D eigenvalue weighted by molar-refractivity contribution is 0.404.